The number of allylic oxidation sites excluding steroid dienone is 2. The van der Waals surface area contributed by atoms with Gasteiger partial charge < -0.3 is 39.1 Å². The molecule has 0 amide bonds. The van der Waals surface area contributed by atoms with Gasteiger partial charge in [-0.2, -0.15) is 0 Å². The molecular weight excluding hydrogens is 596 g/mol. The predicted molar refractivity (Wildman–Crippen MR) is 175 cm³/mol. The summed E-state index contributed by atoms with van der Waals surface area (Å²) in [6, 6.07) is 18.9. The van der Waals surface area contributed by atoms with Crippen molar-refractivity contribution in [2.45, 2.75) is 50.4 Å². The van der Waals surface area contributed by atoms with Gasteiger partial charge in [-0.15, -0.1) is 0 Å². The van der Waals surface area contributed by atoms with Crippen molar-refractivity contribution in [2.24, 2.45) is 5.92 Å². The van der Waals surface area contributed by atoms with E-state index in [4.69, 9.17) is 18.6 Å². The molecule has 9 rings (SSSR count). The quantitative estimate of drug-likeness (QED) is 0.144. The largest absolute Gasteiger partial charge is 0.508 e. The molecule has 0 saturated carbocycles. The summed E-state index contributed by atoms with van der Waals surface area (Å²) in [5, 5.41) is 44.1. The smallest absolute Gasteiger partial charge is 0.285 e. The number of hydrogen-bond donors (Lipinski definition) is 4. The van der Waals surface area contributed by atoms with Crippen LogP contribution in [-0.4, -0.2) is 26.0 Å². The maximum Gasteiger partial charge on any atom is 0.285 e. The summed E-state index contributed by atoms with van der Waals surface area (Å²) in [5.41, 5.74) is 4.29. The van der Waals surface area contributed by atoms with E-state index in [1.807, 2.05) is 44.2 Å². The van der Waals surface area contributed by atoms with Gasteiger partial charge in [0, 0.05) is 40.5 Å². The van der Waals surface area contributed by atoms with E-state index in [1.165, 1.54) is 0 Å². The van der Waals surface area contributed by atoms with Crippen molar-refractivity contribution in [2.75, 3.05) is 0 Å². The molecule has 236 valence electrons. The van der Waals surface area contributed by atoms with Gasteiger partial charge in [0.25, 0.3) is 5.79 Å². The fourth-order valence-electron chi connectivity index (χ4n) is 8.01. The van der Waals surface area contributed by atoms with E-state index >= 15 is 0 Å². The number of furan rings is 1. The Morgan fingerprint density at radius 2 is 1.57 bits per heavy atom. The third-order valence-electron chi connectivity index (χ3n) is 9.99. The second-order valence-corrected chi connectivity index (χ2v) is 13.6. The van der Waals surface area contributed by atoms with Gasteiger partial charge in [-0.1, -0.05) is 17.7 Å². The molecule has 0 fully saturated rings. The summed E-state index contributed by atoms with van der Waals surface area (Å²) < 4.78 is 26.8. The van der Waals surface area contributed by atoms with Gasteiger partial charge in [-0.25, -0.2) is 0 Å². The highest BCUT2D eigenvalue weighted by Crippen LogP contribution is 2.66. The van der Waals surface area contributed by atoms with Gasteiger partial charge in [0.05, 0.1) is 17.0 Å². The van der Waals surface area contributed by atoms with Crippen LogP contribution in [0.4, 0.5) is 0 Å². The summed E-state index contributed by atoms with van der Waals surface area (Å²) in [6.07, 6.45) is 6.67. The highest BCUT2D eigenvalue weighted by molar-refractivity contribution is 5.84. The first-order valence-corrected chi connectivity index (χ1v) is 15.7. The maximum absolute atomic E-state index is 11.8. The Balaban J connectivity index is 1.32. The normalized spacial score (nSPS) is 24.5. The topological polar surface area (TPSA) is 122 Å². The number of benzene rings is 4. The zero-order valence-electron chi connectivity index (χ0n) is 25.9. The van der Waals surface area contributed by atoms with Crippen LogP contribution in [0.2, 0.25) is 0 Å². The zero-order valence-corrected chi connectivity index (χ0v) is 25.9. The van der Waals surface area contributed by atoms with Crippen molar-refractivity contribution in [3.8, 4) is 51.6 Å². The molecule has 5 aromatic rings. The minimum Gasteiger partial charge on any atom is -0.508 e. The summed E-state index contributed by atoms with van der Waals surface area (Å²) in [5.74, 6) is -0.115. The molecule has 0 radical (unpaired) electrons. The van der Waals surface area contributed by atoms with Gasteiger partial charge in [0.2, 0.25) is 0 Å². The zero-order chi connectivity index (χ0) is 32.4. The average Bonchev–Trinajstić information content (AvgIpc) is 3.43. The molecular formula is C39H32O8. The number of fused-ring (bicyclic) bond motifs is 6. The number of phenolic OH excluding ortho intramolecular Hbond substituents is 4. The highest BCUT2D eigenvalue weighted by Gasteiger charge is 2.62. The molecule has 4 atom stereocenters. The van der Waals surface area contributed by atoms with Gasteiger partial charge >= 0.3 is 0 Å². The second-order valence-electron chi connectivity index (χ2n) is 13.6. The van der Waals surface area contributed by atoms with Gasteiger partial charge in [-0.3, -0.25) is 0 Å². The first-order valence-electron chi connectivity index (χ1n) is 15.7. The number of aromatic hydroxyl groups is 4. The van der Waals surface area contributed by atoms with E-state index in [0.717, 1.165) is 22.9 Å². The van der Waals surface area contributed by atoms with E-state index in [1.54, 1.807) is 48.5 Å². The second kappa shape index (κ2) is 9.28. The Morgan fingerprint density at radius 3 is 2.43 bits per heavy atom. The fourth-order valence-corrected chi connectivity index (χ4v) is 8.01. The fraction of sp³-hybridized carbons (Fsp3) is 0.231. The van der Waals surface area contributed by atoms with E-state index in [0.29, 0.717) is 50.8 Å². The van der Waals surface area contributed by atoms with Crippen molar-refractivity contribution in [1.29, 1.82) is 0 Å². The molecule has 1 aromatic heterocycles. The number of hydrogen-bond acceptors (Lipinski definition) is 8. The molecule has 47 heavy (non-hydrogen) atoms. The Bertz CT molecular complexity index is 2220. The minimum absolute atomic E-state index is 0.0636. The number of ether oxygens (including phenoxy) is 3. The SMILES string of the molecule is CC1=CC2c3c(O)cc(-c4cc5ccc(O)cc5o4)cc3OC3(c4ccc(O)c5c4OC(C)(C)C=C5)Oc4cc(O)ccc4[C@H](C1)C23. The van der Waals surface area contributed by atoms with E-state index < -0.39 is 11.4 Å². The van der Waals surface area contributed by atoms with Crippen molar-refractivity contribution in [1.82, 2.24) is 0 Å². The molecule has 4 aliphatic rings. The van der Waals surface area contributed by atoms with Crippen LogP contribution in [0.5, 0.6) is 40.2 Å². The third-order valence-corrected chi connectivity index (χ3v) is 9.99. The summed E-state index contributed by atoms with van der Waals surface area (Å²) in [7, 11) is 0. The Labute approximate surface area is 270 Å². The molecule has 4 heterocycles. The number of rotatable bonds is 2. The van der Waals surface area contributed by atoms with E-state index in [2.05, 4.69) is 13.0 Å². The van der Waals surface area contributed by atoms with Crippen molar-refractivity contribution in [3.05, 3.63) is 107 Å². The van der Waals surface area contributed by atoms with Crippen molar-refractivity contribution < 1.29 is 39.1 Å². The molecule has 3 aliphatic heterocycles. The lowest BCUT2D eigenvalue weighted by molar-refractivity contribution is -0.198. The molecule has 0 spiro atoms. The summed E-state index contributed by atoms with van der Waals surface area (Å²) in [6.45, 7) is 5.98. The lowest BCUT2D eigenvalue weighted by Crippen LogP contribution is -2.56. The van der Waals surface area contributed by atoms with E-state index in [9.17, 15) is 20.4 Å². The lowest BCUT2D eigenvalue weighted by atomic mass is 9.61. The van der Waals surface area contributed by atoms with Crippen LogP contribution in [0, 0.1) is 5.92 Å². The third kappa shape index (κ3) is 4.00. The maximum atomic E-state index is 11.8. The standard InChI is InChI=1S/C39H32O8/c1-19-12-26-24-7-6-23(41)18-33(24)45-39(28-8-9-29(42)25-10-11-38(2,3)47-37(25)28)36(26)27(13-19)35-30(43)14-21(16-34(35)46-39)31-15-20-4-5-22(40)17-32(20)44-31/h4-11,13-18,26-27,36,40-43H,12H2,1-3H3/t26-,27?,36?,39?/m0/s1. The molecule has 3 unspecified atom stereocenters. The molecule has 0 saturated heterocycles. The monoisotopic (exact) mass is 628 g/mol. The molecule has 4 N–H and O–H groups in total. The first kappa shape index (κ1) is 27.8. The summed E-state index contributed by atoms with van der Waals surface area (Å²) >= 11 is 0. The van der Waals surface area contributed by atoms with Crippen LogP contribution in [0.3, 0.4) is 0 Å². The number of phenols is 4. The van der Waals surface area contributed by atoms with Crippen molar-refractivity contribution in [3.63, 3.8) is 0 Å². The van der Waals surface area contributed by atoms with Crippen molar-refractivity contribution >= 4 is 17.0 Å². The van der Waals surface area contributed by atoms with Crippen LogP contribution >= 0.6 is 0 Å². The first-order chi connectivity index (χ1) is 22.5. The van der Waals surface area contributed by atoms with Gasteiger partial charge in [0.15, 0.2) is 0 Å². The Hall–Kier alpha value is -5.50. The molecule has 4 aromatic carbocycles. The average molecular weight is 629 g/mol. The van der Waals surface area contributed by atoms with Gasteiger partial charge in [0.1, 0.15) is 57.2 Å². The van der Waals surface area contributed by atoms with Crippen LogP contribution in [0.25, 0.3) is 28.4 Å². The van der Waals surface area contributed by atoms with Crippen LogP contribution < -0.4 is 14.2 Å². The lowest BCUT2D eigenvalue weighted by Gasteiger charge is -2.55. The molecule has 8 nitrogen and oxygen atoms in total. The Morgan fingerprint density at radius 1 is 0.787 bits per heavy atom. The molecule has 0 bridgehead atoms. The molecule has 1 aliphatic carbocycles. The van der Waals surface area contributed by atoms with E-state index in [-0.39, 0.29) is 40.8 Å². The van der Waals surface area contributed by atoms with Crippen LogP contribution in [-0.2, 0) is 5.79 Å². The van der Waals surface area contributed by atoms with Crippen LogP contribution in [0.1, 0.15) is 61.3 Å². The Kier molecular flexibility index (Phi) is 5.49. The van der Waals surface area contributed by atoms with Gasteiger partial charge in [-0.05, 0) is 93.4 Å². The summed E-state index contributed by atoms with van der Waals surface area (Å²) in [4.78, 5) is 0. The molecule has 8 heteroatoms. The minimum atomic E-state index is -1.48. The van der Waals surface area contributed by atoms with Crippen LogP contribution in [0.15, 0.2) is 88.9 Å². The predicted octanol–water partition coefficient (Wildman–Crippen LogP) is 8.58. The highest BCUT2D eigenvalue weighted by atomic mass is 16.7.